The van der Waals surface area contributed by atoms with Crippen molar-refractivity contribution in [2.45, 2.75) is 38.9 Å². The molecule has 2 heterocycles. The van der Waals surface area contributed by atoms with Crippen LogP contribution in [0.2, 0.25) is 0 Å². The van der Waals surface area contributed by atoms with Crippen molar-refractivity contribution in [2.75, 3.05) is 0 Å². The van der Waals surface area contributed by atoms with Crippen LogP contribution in [0.15, 0.2) is 42.5 Å². The topological polar surface area (TPSA) is 95.7 Å². The maximum Gasteiger partial charge on any atom is 0.270 e. The molecule has 2 atom stereocenters. The van der Waals surface area contributed by atoms with Crippen LogP contribution >= 0.6 is 0 Å². The fraction of sp³-hybridized carbons (Fsp3) is 0.300. The molecule has 0 aliphatic carbocycles. The molecule has 2 aliphatic heterocycles. The highest BCUT2D eigenvalue weighted by Gasteiger charge is 2.25. The molecule has 0 radical (unpaired) electrons. The number of hydrogen-bond acceptors (Lipinski definition) is 6. The van der Waals surface area contributed by atoms with Crippen LogP contribution in [0.1, 0.15) is 47.4 Å². The van der Waals surface area contributed by atoms with Gasteiger partial charge in [-0.15, -0.1) is 0 Å². The van der Waals surface area contributed by atoms with Gasteiger partial charge in [-0.3, -0.25) is 19.7 Å². The van der Waals surface area contributed by atoms with E-state index in [1.807, 2.05) is 31.2 Å². The summed E-state index contributed by atoms with van der Waals surface area (Å²) in [5.74, 6) is 1.24. The molecule has 0 bridgehead atoms. The van der Waals surface area contributed by atoms with Gasteiger partial charge in [-0.1, -0.05) is 12.1 Å². The third-order valence-corrected chi connectivity index (χ3v) is 4.26. The minimum atomic E-state index is -0.522. The predicted molar refractivity (Wildman–Crippen MR) is 97.6 cm³/mol. The molecule has 2 aromatic rings. The van der Waals surface area contributed by atoms with E-state index < -0.39 is 4.92 Å². The maximum absolute atomic E-state index is 11.6. The van der Waals surface area contributed by atoms with Crippen LogP contribution in [0, 0.1) is 10.1 Å². The first-order chi connectivity index (χ1) is 12.8. The van der Waals surface area contributed by atoms with Crippen molar-refractivity contribution in [1.29, 1.82) is 0 Å². The second-order valence-corrected chi connectivity index (χ2v) is 6.55. The van der Waals surface area contributed by atoms with Gasteiger partial charge in [0.25, 0.3) is 5.69 Å². The van der Waals surface area contributed by atoms with E-state index >= 15 is 0 Å². The van der Waals surface area contributed by atoms with E-state index in [0.717, 1.165) is 11.3 Å². The van der Waals surface area contributed by atoms with E-state index in [1.165, 1.54) is 18.2 Å². The average Bonchev–Trinajstić information content (AvgIpc) is 2.61. The first-order valence-corrected chi connectivity index (χ1v) is 8.62. The van der Waals surface area contributed by atoms with Gasteiger partial charge in [-0.2, -0.15) is 0 Å². The molecular weight excluding hydrogens is 350 g/mol. The third kappa shape index (κ3) is 4.13. The van der Waals surface area contributed by atoms with Crippen LogP contribution in [-0.2, 0) is 0 Å². The van der Waals surface area contributed by atoms with Crippen molar-refractivity contribution in [3.05, 3.63) is 63.7 Å². The zero-order valence-electron chi connectivity index (χ0n) is 15.0. The molecule has 0 amide bonds. The monoisotopic (exact) mass is 369 g/mol. The molecule has 0 N–H and O–H groups in total. The van der Waals surface area contributed by atoms with Gasteiger partial charge in [-0.05, 0) is 32.0 Å². The number of nitro benzene ring substituents is 1. The number of ether oxygens (including phenoxy) is 2. The van der Waals surface area contributed by atoms with Gasteiger partial charge in [0, 0.05) is 25.0 Å². The molecule has 0 aromatic heterocycles. The van der Waals surface area contributed by atoms with Crippen LogP contribution < -0.4 is 9.47 Å². The number of nitro groups is 1. The summed E-state index contributed by atoms with van der Waals surface area (Å²) in [4.78, 5) is 33.0. The Labute approximate surface area is 156 Å². The number of non-ortho nitro benzene ring substituents is 1. The van der Waals surface area contributed by atoms with E-state index in [-0.39, 0.29) is 35.9 Å². The average molecular weight is 369 g/mol. The summed E-state index contributed by atoms with van der Waals surface area (Å²) in [6.07, 6.45) is 0.629. The van der Waals surface area contributed by atoms with Crippen molar-refractivity contribution in [3.63, 3.8) is 0 Å². The number of fused-ring (bicyclic) bond motifs is 2. The Bertz CT molecular complexity index is 907. The second kappa shape index (κ2) is 7.57. The Hall–Kier alpha value is -3.22. The summed E-state index contributed by atoms with van der Waals surface area (Å²) >= 11 is 0. The summed E-state index contributed by atoms with van der Waals surface area (Å²) in [5.41, 5.74) is 0.943. The maximum atomic E-state index is 11.6. The van der Waals surface area contributed by atoms with Gasteiger partial charge in [0.1, 0.15) is 23.7 Å². The van der Waals surface area contributed by atoms with Gasteiger partial charge < -0.3 is 9.47 Å². The van der Waals surface area contributed by atoms with Gasteiger partial charge >= 0.3 is 0 Å². The van der Waals surface area contributed by atoms with E-state index in [1.54, 1.807) is 6.92 Å². The molecule has 140 valence electrons. The van der Waals surface area contributed by atoms with Gasteiger partial charge in [0.05, 0.1) is 16.1 Å². The minimum absolute atomic E-state index is 0.0207. The molecular formula is C20H19NO6. The van der Waals surface area contributed by atoms with Crippen LogP contribution in [0.5, 0.6) is 11.5 Å². The Balaban J connectivity index is 0.000000159. The molecule has 7 heteroatoms. The number of benzene rings is 2. The van der Waals surface area contributed by atoms with Gasteiger partial charge in [0.15, 0.2) is 11.6 Å². The normalized spacial score (nSPS) is 20.2. The number of carbonyl (C=O) groups excluding carboxylic acids is 2. The van der Waals surface area contributed by atoms with Crippen LogP contribution in [-0.4, -0.2) is 28.7 Å². The zero-order chi connectivity index (χ0) is 19.6. The Kier molecular flexibility index (Phi) is 5.21. The number of carbonyl (C=O) groups is 2. The van der Waals surface area contributed by atoms with Crippen molar-refractivity contribution >= 4 is 17.3 Å². The lowest BCUT2D eigenvalue weighted by molar-refractivity contribution is -0.384. The quantitative estimate of drug-likeness (QED) is 0.557. The van der Waals surface area contributed by atoms with Crippen LogP contribution in [0.4, 0.5) is 5.69 Å². The number of nitrogens with zero attached hydrogens (tertiary/aromatic N) is 1. The lowest BCUT2D eigenvalue weighted by atomic mass is 10.0. The minimum Gasteiger partial charge on any atom is -0.489 e. The lowest BCUT2D eigenvalue weighted by Gasteiger charge is -2.21. The number of para-hydroxylation sites is 1. The lowest BCUT2D eigenvalue weighted by Crippen LogP contribution is -2.23. The largest absolute Gasteiger partial charge is 0.489 e. The van der Waals surface area contributed by atoms with Gasteiger partial charge in [-0.25, -0.2) is 0 Å². The molecule has 2 unspecified atom stereocenters. The summed E-state index contributed by atoms with van der Waals surface area (Å²) in [6, 6.07) is 11.5. The molecule has 0 spiro atoms. The molecule has 27 heavy (non-hydrogen) atoms. The molecule has 0 saturated heterocycles. The number of rotatable bonds is 1. The van der Waals surface area contributed by atoms with E-state index in [9.17, 15) is 19.7 Å². The highest BCUT2D eigenvalue weighted by atomic mass is 16.6. The standard InChI is InChI=1S/C10H9NO4.C10H10O2/c1-6-4-9(12)8-5-7(11(13)14)2-3-10(8)15-6;1-7-6-9(11)8-4-2-3-5-10(8)12-7/h2-3,5-6H,4H2,1H3;2-5,7H,6H2,1H3. The van der Waals surface area contributed by atoms with Gasteiger partial charge in [0.2, 0.25) is 0 Å². The number of ketones is 2. The fourth-order valence-electron chi connectivity index (χ4n) is 3.01. The molecule has 2 aromatic carbocycles. The summed E-state index contributed by atoms with van der Waals surface area (Å²) < 4.78 is 10.9. The highest BCUT2D eigenvalue weighted by Crippen LogP contribution is 2.30. The molecule has 2 aliphatic rings. The van der Waals surface area contributed by atoms with Crippen LogP contribution in [0.3, 0.4) is 0 Å². The zero-order valence-corrected chi connectivity index (χ0v) is 15.0. The molecule has 4 rings (SSSR count). The van der Waals surface area contributed by atoms with Crippen LogP contribution in [0.25, 0.3) is 0 Å². The number of Topliss-reactive ketones (excluding diaryl/α,β-unsaturated/α-hetero) is 2. The van der Waals surface area contributed by atoms with Crippen molar-refractivity contribution in [1.82, 2.24) is 0 Å². The first-order valence-electron chi connectivity index (χ1n) is 8.62. The SMILES string of the molecule is CC1CC(=O)c2cc([N+](=O)[O-])ccc2O1.CC1CC(=O)c2ccccc2O1. The summed E-state index contributed by atoms with van der Waals surface area (Å²) in [5, 5.41) is 10.5. The molecule has 0 saturated carbocycles. The second-order valence-electron chi connectivity index (χ2n) is 6.55. The predicted octanol–water partition coefficient (Wildman–Crippen LogP) is 3.99. The summed E-state index contributed by atoms with van der Waals surface area (Å²) in [7, 11) is 0. The van der Waals surface area contributed by atoms with E-state index in [0.29, 0.717) is 17.7 Å². The smallest absolute Gasteiger partial charge is 0.270 e. The Morgan fingerprint density at radius 3 is 2.07 bits per heavy atom. The molecule has 7 nitrogen and oxygen atoms in total. The van der Waals surface area contributed by atoms with E-state index in [2.05, 4.69) is 0 Å². The highest BCUT2D eigenvalue weighted by molar-refractivity contribution is 6.00. The Morgan fingerprint density at radius 1 is 0.889 bits per heavy atom. The van der Waals surface area contributed by atoms with Crippen molar-refractivity contribution in [3.8, 4) is 11.5 Å². The summed E-state index contributed by atoms with van der Waals surface area (Å²) in [6.45, 7) is 3.70. The fourth-order valence-corrected chi connectivity index (χ4v) is 3.01. The van der Waals surface area contributed by atoms with Crippen molar-refractivity contribution in [2.24, 2.45) is 0 Å². The first kappa shape index (κ1) is 18.6. The number of hydrogen-bond donors (Lipinski definition) is 0. The molecule has 0 fully saturated rings. The van der Waals surface area contributed by atoms with E-state index in [4.69, 9.17) is 9.47 Å². The van der Waals surface area contributed by atoms with Crippen molar-refractivity contribution < 1.29 is 24.0 Å². The third-order valence-electron chi connectivity index (χ3n) is 4.26. The Morgan fingerprint density at radius 2 is 1.44 bits per heavy atom.